The maximum atomic E-state index is 13.6. The van der Waals surface area contributed by atoms with Crippen molar-refractivity contribution in [2.45, 2.75) is 19.8 Å². The van der Waals surface area contributed by atoms with Crippen molar-refractivity contribution in [2.75, 3.05) is 25.0 Å². The quantitative estimate of drug-likeness (QED) is 0.687. The first-order valence-corrected chi connectivity index (χ1v) is 7.49. The number of benzene rings is 1. The molecule has 0 aromatic heterocycles. The second kappa shape index (κ2) is 7.36. The molecule has 0 unspecified atom stereocenters. The van der Waals surface area contributed by atoms with E-state index in [1.54, 1.807) is 25.1 Å². The summed E-state index contributed by atoms with van der Waals surface area (Å²) in [6.07, 6.45) is 1.67. The van der Waals surface area contributed by atoms with Gasteiger partial charge in [-0.15, -0.1) is 0 Å². The molecule has 1 heterocycles. The molecule has 1 atom stereocenters. The van der Waals surface area contributed by atoms with E-state index in [0.29, 0.717) is 24.0 Å². The van der Waals surface area contributed by atoms with Gasteiger partial charge in [0.2, 0.25) is 0 Å². The van der Waals surface area contributed by atoms with Crippen LogP contribution in [0.15, 0.2) is 24.3 Å². The minimum absolute atomic E-state index is 0.168. The Labute approximate surface area is 129 Å². The maximum absolute atomic E-state index is 13.6. The highest BCUT2D eigenvalue weighted by Crippen LogP contribution is 2.20. The van der Waals surface area contributed by atoms with E-state index in [-0.39, 0.29) is 17.7 Å². The van der Waals surface area contributed by atoms with Gasteiger partial charge >= 0.3 is 5.97 Å². The van der Waals surface area contributed by atoms with Gasteiger partial charge in [-0.1, -0.05) is 12.1 Å². The Kier molecular flexibility index (Phi) is 5.50. The van der Waals surface area contributed by atoms with Crippen LogP contribution in [-0.2, 0) is 9.53 Å². The van der Waals surface area contributed by atoms with Crippen LogP contribution in [0.4, 0.5) is 10.1 Å². The number of halogens is 1. The number of carbonyl (C=O) groups excluding carboxylic acids is 1. The van der Waals surface area contributed by atoms with Crippen molar-refractivity contribution < 1.29 is 13.9 Å². The van der Waals surface area contributed by atoms with E-state index in [1.807, 2.05) is 4.90 Å². The molecule has 2 rings (SSSR count). The molecule has 1 fully saturated rings. The normalized spacial score (nSPS) is 18.2. The van der Waals surface area contributed by atoms with E-state index in [1.165, 1.54) is 6.07 Å². The van der Waals surface area contributed by atoms with Gasteiger partial charge in [0.25, 0.3) is 0 Å². The average Bonchev–Trinajstić information content (AvgIpc) is 2.50. The number of thiocarbonyl (C=S) groups is 1. The highest BCUT2D eigenvalue weighted by atomic mass is 32.1. The number of rotatable bonds is 3. The third kappa shape index (κ3) is 4.14. The number of hydrogen-bond acceptors (Lipinski definition) is 3. The molecule has 1 aliphatic rings. The first kappa shape index (κ1) is 15.7. The molecule has 1 saturated heterocycles. The van der Waals surface area contributed by atoms with Crippen molar-refractivity contribution in [2.24, 2.45) is 5.92 Å². The van der Waals surface area contributed by atoms with E-state index in [0.717, 1.165) is 19.4 Å². The fourth-order valence-corrected chi connectivity index (χ4v) is 2.65. The standard InChI is InChI=1S/C15H19FN2O2S/c1-2-20-14(19)11-6-5-9-18(10-11)15(21)17-13-8-4-3-7-12(13)16/h3-4,7-8,11H,2,5-6,9-10H2,1H3,(H,17,21)/t11-/m0/s1. The summed E-state index contributed by atoms with van der Waals surface area (Å²) in [6.45, 7) is 3.45. The minimum Gasteiger partial charge on any atom is -0.466 e. The number of nitrogens with zero attached hydrogens (tertiary/aromatic N) is 1. The lowest BCUT2D eigenvalue weighted by Crippen LogP contribution is -2.44. The minimum atomic E-state index is -0.348. The molecule has 1 aliphatic heterocycles. The fraction of sp³-hybridized carbons (Fsp3) is 0.467. The second-order valence-electron chi connectivity index (χ2n) is 4.95. The molecule has 1 aromatic carbocycles. The fourth-order valence-electron chi connectivity index (χ4n) is 2.37. The number of para-hydroxylation sites is 1. The molecule has 0 spiro atoms. The Bertz CT molecular complexity index is 524. The summed E-state index contributed by atoms with van der Waals surface area (Å²) in [6, 6.07) is 6.38. The molecular formula is C15H19FN2O2S. The third-order valence-electron chi connectivity index (χ3n) is 3.44. The molecule has 0 saturated carbocycles. The van der Waals surface area contributed by atoms with Crippen LogP contribution < -0.4 is 5.32 Å². The Morgan fingerprint density at radius 3 is 3.00 bits per heavy atom. The predicted molar refractivity (Wildman–Crippen MR) is 83.6 cm³/mol. The van der Waals surface area contributed by atoms with Crippen LogP contribution in [0.2, 0.25) is 0 Å². The van der Waals surface area contributed by atoms with Gasteiger partial charge in [0.15, 0.2) is 5.11 Å². The van der Waals surface area contributed by atoms with Crippen LogP contribution in [0.25, 0.3) is 0 Å². The van der Waals surface area contributed by atoms with Gasteiger partial charge in [0.1, 0.15) is 5.82 Å². The summed E-state index contributed by atoms with van der Waals surface area (Å²) in [5, 5.41) is 3.34. The smallest absolute Gasteiger partial charge is 0.310 e. The zero-order valence-corrected chi connectivity index (χ0v) is 12.8. The first-order valence-electron chi connectivity index (χ1n) is 7.09. The van der Waals surface area contributed by atoms with Gasteiger partial charge in [-0.25, -0.2) is 4.39 Å². The molecular weight excluding hydrogens is 291 g/mol. The molecule has 1 aromatic rings. The summed E-state index contributed by atoms with van der Waals surface area (Å²) >= 11 is 5.32. The number of piperidine rings is 1. The average molecular weight is 310 g/mol. The molecule has 0 bridgehead atoms. The molecule has 4 nitrogen and oxygen atoms in total. The maximum Gasteiger partial charge on any atom is 0.310 e. The van der Waals surface area contributed by atoms with Crippen molar-refractivity contribution in [3.63, 3.8) is 0 Å². The van der Waals surface area contributed by atoms with Gasteiger partial charge in [0.05, 0.1) is 18.2 Å². The van der Waals surface area contributed by atoms with Crippen LogP contribution in [-0.4, -0.2) is 35.7 Å². The SMILES string of the molecule is CCOC(=O)[C@H]1CCCN(C(=S)Nc2ccccc2F)C1. The Morgan fingerprint density at radius 2 is 2.29 bits per heavy atom. The van der Waals surface area contributed by atoms with Crippen LogP contribution >= 0.6 is 12.2 Å². The van der Waals surface area contributed by atoms with E-state index < -0.39 is 0 Å². The molecule has 0 radical (unpaired) electrons. The Hall–Kier alpha value is -1.69. The number of ether oxygens (including phenoxy) is 1. The molecule has 6 heteroatoms. The summed E-state index contributed by atoms with van der Waals surface area (Å²) in [5.41, 5.74) is 0.348. The van der Waals surface area contributed by atoms with Crippen molar-refractivity contribution in [1.29, 1.82) is 0 Å². The summed E-state index contributed by atoms with van der Waals surface area (Å²) in [5.74, 6) is -0.700. The van der Waals surface area contributed by atoms with E-state index in [9.17, 15) is 9.18 Å². The van der Waals surface area contributed by atoms with Crippen molar-refractivity contribution >= 4 is 29.0 Å². The lowest BCUT2D eigenvalue weighted by molar-refractivity contribution is -0.149. The van der Waals surface area contributed by atoms with Gasteiger partial charge < -0.3 is 15.0 Å². The Balaban J connectivity index is 1.96. The third-order valence-corrected chi connectivity index (χ3v) is 3.80. The van der Waals surface area contributed by atoms with E-state index in [4.69, 9.17) is 17.0 Å². The molecule has 0 aliphatic carbocycles. The monoisotopic (exact) mass is 310 g/mol. The largest absolute Gasteiger partial charge is 0.466 e. The van der Waals surface area contributed by atoms with Gasteiger partial charge in [-0.3, -0.25) is 4.79 Å². The number of hydrogen-bond donors (Lipinski definition) is 1. The molecule has 0 amide bonds. The van der Waals surface area contributed by atoms with Crippen molar-refractivity contribution in [1.82, 2.24) is 4.90 Å². The van der Waals surface area contributed by atoms with Crippen LogP contribution in [0.1, 0.15) is 19.8 Å². The topological polar surface area (TPSA) is 41.6 Å². The highest BCUT2D eigenvalue weighted by Gasteiger charge is 2.28. The summed E-state index contributed by atoms with van der Waals surface area (Å²) in [4.78, 5) is 13.7. The zero-order valence-electron chi connectivity index (χ0n) is 12.0. The predicted octanol–water partition coefficient (Wildman–Crippen LogP) is 2.80. The number of nitrogens with one attached hydrogen (secondary N) is 1. The van der Waals surface area contributed by atoms with E-state index >= 15 is 0 Å². The lowest BCUT2D eigenvalue weighted by atomic mass is 9.98. The highest BCUT2D eigenvalue weighted by molar-refractivity contribution is 7.80. The van der Waals surface area contributed by atoms with Crippen LogP contribution in [0.5, 0.6) is 0 Å². The number of likely N-dealkylation sites (tertiary alicyclic amines) is 1. The van der Waals surface area contributed by atoms with Gasteiger partial charge in [0, 0.05) is 13.1 Å². The molecule has 21 heavy (non-hydrogen) atoms. The van der Waals surface area contributed by atoms with Crippen molar-refractivity contribution in [3.05, 3.63) is 30.1 Å². The number of anilines is 1. The molecule has 1 N–H and O–H groups in total. The van der Waals surface area contributed by atoms with E-state index in [2.05, 4.69) is 5.32 Å². The second-order valence-corrected chi connectivity index (χ2v) is 5.33. The summed E-state index contributed by atoms with van der Waals surface area (Å²) < 4.78 is 18.7. The zero-order chi connectivity index (χ0) is 15.2. The van der Waals surface area contributed by atoms with Crippen LogP contribution in [0.3, 0.4) is 0 Å². The van der Waals surface area contributed by atoms with Gasteiger partial charge in [-0.05, 0) is 44.1 Å². The van der Waals surface area contributed by atoms with Gasteiger partial charge in [-0.2, -0.15) is 0 Å². The lowest BCUT2D eigenvalue weighted by Gasteiger charge is -2.33. The Morgan fingerprint density at radius 1 is 1.52 bits per heavy atom. The number of carbonyl (C=O) groups is 1. The first-order chi connectivity index (χ1) is 10.1. The van der Waals surface area contributed by atoms with Crippen molar-refractivity contribution in [3.8, 4) is 0 Å². The van der Waals surface area contributed by atoms with Crippen LogP contribution in [0, 0.1) is 11.7 Å². The summed E-state index contributed by atoms with van der Waals surface area (Å²) in [7, 11) is 0. The molecule has 114 valence electrons. The number of esters is 1.